The SMILES string of the molecule is CC(C)(C)c1cccc(C=Nc2cc3nc(Cc4ccccc4)c(=O)[nH]c3cc2N)c1O. The van der Waals surface area contributed by atoms with Gasteiger partial charge in [0.1, 0.15) is 11.4 Å². The number of phenols is 1. The van der Waals surface area contributed by atoms with Crippen LogP contribution in [-0.2, 0) is 11.8 Å². The number of nitrogens with one attached hydrogen (secondary N) is 1. The molecule has 162 valence electrons. The van der Waals surface area contributed by atoms with E-state index in [-0.39, 0.29) is 16.7 Å². The normalized spacial score (nSPS) is 12.0. The van der Waals surface area contributed by atoms with Crippen LogP contribution in [0.15, 0.2) is 70.5 Å². The minimum Gasteiger partial charge on any atom is -0.507 e. The van der Waals surface area contributed by atoms with E-state index in [4.69, 9.17) is 5.73 Å². The van der Waals surface area contributed by atoms with Crippen LogP contribution in [0.5, 0.6) is 5.75 Å². The van der Waals surface area contributed by atoms with Gasteiger partial charge in [0.2, 0.25) is 0 Å². The summed E-state index contributed by atoms with van der Waals surface area (Å²) >= 11 is 0. The number of phenolic OH excluding ortho intramolecular Hbond substituents is 1. The van der Waals surface area contributed by atoms with Gasteiger partial charge >= 0.3 is 0 Å². The number of aromatic nitrogens is 2. The second-order valence-corrected chi connectivity index (χ2v) is 8.85. The fourth-order valence-electron chi connectivity index (χ4n) is 3.61. The second kappa shape index (κ2) is 8.30. The van der Waals surface area contributed by atoms with Crippen LogP contribution in [-0.4, -0.2) is 21.3 Å². The molecule has 0 aliphatic carbocycles. The fraction of sp³-hybridized carbons (Fsp3) is 0.192. The van der Waals surface area contributed by atoms with Crippen molar-refractivity contribution in [2.45, 2.75) is 32.6 Å². The van der Waals surface area contributed by atoms with Crippen LogP contribution in [0.2, 0.25) is 0 Å². The largest absolute Gasteiger partial charge is 0.507 e. The zero-order valence-electron chi connectivity index (χ0n) is 18.4. The van der Waals surface area contributed by atoms with E-state index in [0.717, 1.165) is 11.1 Å². The minimum absolute atomic E-state index is 0.194. The van der Waals surface area contributed by atoms with E-state index in [2.05, 4.69) is 15.0 Å². The van der Waals surface area contributed by atoms with Crippen molar-refractivity contribution in [3.05, 3.63) is 93.4 Å². The first kappa shape index (κ1) is 21.3. The topological polar surface area (TPSA) is 104 Å². The molecule has 0 aliphatic rings. The number of para-hydroxylation sites is 1. The highest BCUT2D eigenvalue weighted by Crippen LogP contribution is 2.33. The first-order chi connectivity index (χ1) is 15.2. The van der Waals surface area contributed by atoms with Crippen LogP contribution in [0.4, 0.5) is 11.4 Å². The van der Waals surface area contributed by atoms with Gasteiger partial charge in [-0.25, -0.2) is 4.98 Å². The van der Waals surface area contributed by atoms with Gasteiger partial charge in [0.05, 0.1) is 22.4 Å². The summed E-state index contributed by atoms with van der Waals surface area (Å²) in [6.07, 6.45) is 2.03. The summed E-state index contributed by atoms with van der Waals surface area (Å²) in [7, 11) is 0. The number of H-pyrrole nitrogens is 1. The molecule has 3 aromatic carbocycles. The number of nitrogens with zero attached hydrogens (tertiary/aromatic N) is 2. The van der Waals surface area contributed by atoms with Gasteiger partial charge < -0.3 is 15.8 Å². The van der Waals surface area contributed by atoms with Crippen LogP contribution in [0.1, 0.15) is 43.2 Å². The molecular weight excluding hydrogens is 400 g/mol. The molecule has 0 saturated heterocycles. The average Bonchev–Trinajstić information content (AvgIpc) is 2.74. The number of benzene rings is 3. The number of hydrogen-bond donors (Lipinski definition) is 3. The summed E-state index contributed by atoms with van der Waals surface area (Å²) in [4.78, 5) is 24.4. The summed E-state index contributed by atoms with van der Waals surface area (Å²) in [5.41, 5.74) is 10.7. The Hall–Kier alpha value is -3.93. The lowest BCUT2D eigenvalue weighted by molar-refractivity contribution is 0.446. The molecule has 0 bridgehead atoms. The molecule has 0 saturated carbocycles. The molecule has 0 aliphatic heterocycles. The Balaban J connectivity index is 1.71. The van der Waals surface area contributed by atoms with Gasteiger partial charge in [-0.3, -0.25) is 9.79 Å². The molecule has 32 heavy (non-hydrogen) atoms. The Kier molecular flexibility index (Phi) is 5.53. The summed E-state index contributed by atoms with van der Waals surface area (Å²) in [6, 6.07) is 18.7. The number of fused-ring (bicyclic) bond motifs is 1. The maximum atomic E-state index is 12.5. The molecular formula is C26H26N4O2. The molecule has 0 spiro atoms. The predicted octanol–water partition coefficient (Wildman–Crippen LogP) is 4.85. The van der Waals surface area contributed by atoms with E-state index in [1.54, 1.807) is 24.4 Å². The van der Waals surface area contributed by atoms with Gasteiger partial charge in [-0.1, -0.05) is 63.2 Å². The molecule has 6 nitrogen and oxygen atoms in total. The third kappa shape index (κ3) is 4.39. The van der Waals surface area contributed by atoms with Gasteiger partial charge in [-0.2, -0.15) is 0 Å². The van der Waals surface area contributed by atoms with E-state index < -0.39 is 0 Å². The number of hydrogen-bond acceptors (Lipinski definition) is 5. The number of anilines is 1. The Labute approximate surface area is 186 Å². The quantitative estimate of drug-likeness (QED) is 0.320. The molecule has 1 heterocycles. The molecule has 0 atom stereocenters. The molecule has 0 amide bonds. The van der Waals surface area contributed by atoms with E-state index in [9.17, 15) is 9.90 Å². The fourth-order valence-corrected chi connectivity index (χ4v) is 3.61. The van der Waals surface area contributed by atoms with E-state index in [1.807, 2.05) is 63.2 Å². The number of rotatable bonds is 4. The molecule has 0 unspecified atom stereocenters. The third-order valence-corrected chi connectivity index (χ3v) is 5.34. The lowest BCUT2D eigenvalue weighted by atomic mass is 9.85. The number of nitrogen functional groups attached to an aromatic ring is 1. The molecule has 4 N–H and O–H groups in total. The van der Waals surface area contributed by atoms with Crippen LogP contribution in [0, 0.1) is 0 Å². The van der Waals surface area contributed by atoms with Crippen LogP contribution in [0.25, 0.3) is 11.0 Å². The second-order valence-electron chi connectivity index (χ2n) is 8.85. The standard InChI is InChI=1S/C26H26N4O2/c1-26(2,3)18-11-7-10-17(24(18)31)15-28-20-14-22-21(13-19(20)27)30-25(32)23(29-22)12-16-8-5-4-6-9-16/h4-11,13-15,31H,12,27H2,1-3H3,(H,30,32). The average molecular weight is 427 g/mol. The monoisotopic (exact) mass is 426 g/mol. The van der Waals surface area contributed by atoms with Gasteiger partial charge in [0, 0.05) is 18.2 Å². The van der Waals surface area contributed by atoms with E-state index in [0.29, 0.717) is 40.1 Å². The Morgan fingerprint density at radius 3 is 2.56 bits per heavy atom. The Morgan fingerprint density at radius 2 is 1.84 bits per heavy atom. The number of aromatic hydroxyl groups is 1. The number of nitrogens with two attached hydrogens (primary N) is 1. The van der Waals surface area contributed by atoms with Crippen molar-refractivity contribution in [1.82, 2.24) is 9.97 Å². The Bertz CT molecular complexity index is 1370. The molecule has 6 heteroatoms. The van der Waals surface area contributed by atoms with E-state index >= 15 is 0 Å². The van der Waals surface area contributed by atoms with Crippen molar-refractivity contribution >= 4 is 28.6 Å². The van der Waals surface area contributed by atoms with Crippen molar-refractivity contribution in [2.24, 2.45) is 4.99 Å². The highest BCUT2D eigenvalue weighted by atomic mass is 16.3. The molecule has 0 radical (unpaired) electrons. The van der Waals surface area contributed by atoms with Crippen molar-refractivity contribution < 1.29 is 5.11 Å². The summed E-state index contributed by atoms with van der Waals surface area (Å²) < 4.78 is 0. The highest BCUT2D eigenvalue weighted by molar-refractivity contribution is 5.91. The lowest BCUT2D eigenvalue weighted by Crippen LogP contribution is -2.15. The summed E-state index contributed by atoms with van der Waals surface area (Å²) in [6.45, 7) is 6.14. The smallest absolute Gasteiger partial charge is 0.270 e. The molecule has 1 aromatic heterocycles. The van der Waals surface area contributed by atoms with Gasteiger partial charge in [-0.05, 0) is 34.7 Å². The van der Waals surface area contributed by atoms with Crippen molar-refractivity contribution in [3.8, 4) is 5.75 Å². The van der Waals surface area contributed by atoms with Gasteiger partial charge in [0.25, 0.3) is 5.56 Å². The molecule has 4 rings (SSSR count). The van der Waals surface area contributed by atoms with Crippen LogP contribution < -0.4 is 11.3 Å². The number of aromatic amines is 1. The van der Waals surface area contributed by atoms with Crippen LogP contribution in [0.3, 0.4) is 0 Å². The Morgan fingerprint density at radius 1 is 1.09 bits per heavy atom. The minimum atomic E-state index is -0.235. The maximum absolute atomic E-state index is 12.5. The summed E-state index contributed by atoms with van der Waals surface area (Å²) in [5, 5.41) is 10.7. The molecule has 4 aromatic rings. The van der Waals surface area contributed by atoms with Crippen LogP contribution >= 0.6 is 0 Å². The van der Waals surface area contributed by atoms with Gasteiger partial charge in [0.15, 0.2) is 0 Å². The van der Waals surface area contributed by atoms with Crippen molar-refractivity contribution in [1.29, 1.82) is 0 Å². The lowest BCUT2D eigenvalue weighted by Gasteiger charge is -2.21. The number of aliphatic imine (C=N–C) groups is 1. The van der Waals surface area contributed by atoms with Crippen molar-refractivity contribution in [2.75, 3.05) is 5.73 Å². The maximum Gasteiger partial charge on any atom is 0.270 e. The predicted molar refractivity (Wildman–Crippen MR) is 130 cm³/mol. The van der Waals surface area contributed by atoms with Crippen molar-refractivity contribution in [3.63, 3.8) is 0 Å². The van der Waals surface area contributed by atoms with E-state index in [1.165, 1.54) is 0 Å². The highest BCUT2D eigenvalue weighted by Gasteiger charge is 2.19. The summed E-state index contributed by atoms with van der Waals surface area (Å²) in [5.74, 6) is 0.204. The molecule has 0 fully saturated rings. The zero-order chi connectivity index (χ0) is 22.9. The van der Waals surface area contributed by atoms with Gasteiger partial charge in [-0.15, -0.1) is 0 Å². The third-order valence-electron chi connectivity index (χ3n) is 5.34. The first-order valence-corrected chi connectivity index (χ1v) is 10.5. The zero-order valence-corrected chi connectivity index (χ0v) is 18.4. The first-order valence-electron chi connectivity index (χ1n) is 10.5.